The molecule has 1 atom stereocenters. The van der Waals surface area contributed by atoms with Gasteiger partial charge in [-0.05, 0) is 86.4 Å². The van der Waals surface area contributed by atoms with Crippen LogP contribution >= 0.6 is 11.6 Å². The van der Waals surface area contributed by atoms with E-state index in [9.17, 15) is 9.59 Å². The summed E-state index contributed by atoms with van der Waals surface area (Å²) in [5.41, 5.74) is 4.83. The van der Waals surface area contributed by atoms with E-state index in [4.69, 9.17) is 26.2 Å². The molecular weight excluding hydrogens is 490 g/mol. The Labute approximate surface area is 224 Å². The Morgan fingerprint density at radius 2 is 1.92 bits per heavy atom. The summed E-state index contributed by atoms with van der Waals surface area (Å²) in [6.07, 6.45) is 6.29. The van der Waals surface area contributed by atoms with Gasteiger partial charge in [0.05, 0.1) is 12.8 Å². The predicted octanol–water partition coefficient (Wildman–Crippen LogP) is 6.17. The van der Waals surface area contributed by atoms with Crippen LogP contribution in [0.5, 0.6) is 0 Å². The van der Waals surface area contributed by atoms with Crippen LogP contribution in [0.25, 0.3) is 11.6 Å². The lowest BCUT2D eigenvalue weighted by Crippen LogP contribution is -2.42. The van der Waals surface area contributed by atoms with Gasteiger partial charge in [-0.1, -0.05) is 29.8 Å². The highest BCUT2D eigenvalue weighted by Crippen LogP contribution is 2.45. The minimum atomic E-state index is -0.516. The van der Waals surface area contributed by atoms with E-state index in [1.54, 1.807) is 7.05 Å². The number of benzene rings is 1. The van der Waals surface area contributed by atoms with E-state index in [-0.39, 0.29) is 17.9 Å². The predicted molar refractivity (Wildman–Crippen MR) is 145 cm³/mol. The Kier molecular flexibility index (Phi) is 8.24. The van der Waals surface area contributed by atoms with Gasteiger partial charge in [-0.15, -0.1) is 0 Å². The van der Waals surface area contributed by atoms with Crippen LogP contribution in [0.1, 0.15) is 74.8 Å². The molecule has 1 fully saturated rings. The molecule has 0 radical (unpaired) electrons. The van der Waals surface area contributed by atoms with Gasteiger partial charge >= 0.3 is 6.09 Å². The van der Waals surface area contributed by atoms with Crippen molar-refractivity contribution in [2.75, 3.05) is 27.2 Å². The minimum Gasteiger partial charge on any atom is -0.444 e. The van der Waals surface area contributed by atoms with Crippen molar-refractivity contribution >= 4 is 35.3 Å². The molecule has 1 aliphatic carbocycles. The standard InChI is InChI=1S/C29H36ClN3O4/c1-29(2,3)37-28(35)33-15-12-19(13-16-33)26-23-10-9-22(30)18-21(23)17-20(8-11-25(34)32(4)36-5)24-7-6-14-31-27(24)26/h6-7,9-10,14,17-19,26H,8,11-13,15-16H2,1-5H3. The highest BCUT2D eigenvalue weighted by atomic mass is 35.5. The highest BCUT2D eigenvalue weighted by molar-refractivity contribution is 6.30. The molecule has 2 aliphatic rings. The lowest BCUT2D eigenvalue weighted by Gasteiger charge is -2.37. The smallest absolute Gasteiger partial charge is 0.410 e. The van der Waals surface area contributed by atoms with Gasteiger partial charge in [0, 0.05) is 43.7 Å². The van der Waals surface area contributed by atoms with E-state index in [2.05, 4.69) is 18.2 Å². The fourth-order valence-corrected chi connectivity index (χ4v) is 5.41. The SMILES string of the molecule is CON(C)C(=O)CCC1=Cc2cc(Cl)ccc2C(C2CCN(C(=O)OC(C)(C)C)CC2)c2ncccc21. The van der Waals surface area contributed by atoms with E-state index < -0.39 is 5.60 Å². The number of likely N-dealkylation sites (tertiary alicyclic amines) is 1. The Balaban J connectivity index is 1.65. The summed E-state index contributed by atoms with van der Waals surface area (Å²) in [5.74, 6) is 0.257. The lowest BCUT2D eigenvalue weighted by molar-refractivity contribution is -0.168. The molecule has 1 unspecified atom stereocenters. The molecule has 0 spiro atoms. The second-order valence-corrected chi connectivity index (χ2v) is 11.2. The molecule has 4 rings (SSSR count). The Morgan fingerprint density at radius 3 is 2.59 bits per heavy atom. The number of piperidine rings is 1. The van der Waals surface area contributed by atoms with Crippen LogP contribution in [-0.2, 0) is 14.4 Å². The monoisotopic (exact) mass is 525 g/mol. The van der Waals surface area contributed by atoms with Gasteiger partial charge in [0.15, 0.2) is 0 Å². The van der Waals surface area contributed by atoms with Gasteiger partial charge in [0.1, 0.15) is 5.60 Å². The quantitative estimate of drug-likeness (QED) is 0.437. The van der Waals surface area contributed by atoms with Crippen molar-refractivity contribution in [2.45, 2.75) is 58.0 Å². The van der Waals surface area contributed by atoms with E-state index in [1.165, 1.54) is 17.7 Å². The summed E-state index contributed by atoms with van der Waals surface area (Å²) in [6.45, 7) is 6.94. The number of allylic oxidation sites excluding steroid dienone is 1. The number of hydrogen-bond acceptors (Lipinski definition) is 5. The fraction of sp³-hybridized carbons (Fsp3) is 0.483. The molecule has 7 nitrogen and oxygen atoms in total. The summed E-state index contributed by atoms with van der Waals surface area (Å²) in [6, 6.07) is 10.1. The van der Waals surface area contributed by atoms with Crippen molar-refractivity contribution in [3.05, 3.63) is 63.9 Å². The van der Waals surface area contributed by atoms with E-state index in [1.807, 2.05) is 50.1 Å². The second-order valence-electron chi connectivity index (χ2n) is 10.7. The second kappa shape index (κ2) is 11.2. The number of amides is 2. The molecule has 0 N–H and O–H groups in total. The molecule has 2 amide bonds. The number of aromatic nitrogens is 1. The summed E-state index contributed by atoms with van der Waals surface area (Å²) >= 11 is 6.44. The van der Waals surface area contributed by atoms with Crippen molar-refractivity contribution in [1.82, 2.24) is 14.9 Å². The van der Waals surface area contributed by atoms with Crippen LogP contribution in [0.4, 0.5) is 4.79 Å². The van der Waals surface area contributed by atoms with E-state index in [0.717, 1.165) is 35.2 Å². The zero-order chi connectivity index (χ0) is 26.7. The van der Waals surface area contributed by atoms with Gasteiger partial charge in [-0.2, -0.15) is 0 Å². The zero-order valence-corrected chi connectivity index (χ0v) is 23.0. The molecule has 1 saturated heterocycles. The lowest BCUT2D eigenvalue weighted by atomic mass is 9.76. The minimum absolute atomic E-state index is 0.0513. The van der Waals surface area contributed by atoms with Crippen LogP contribution in [0, 0.1) is 5.92 Å². The Hall–Kier alpha value is -2.90. The van der Waals surface area contributed by atoms with Gasteiger partial charge in [0.25, 0.3) is 0 Å². The molecule has 0 bridgehead atoms. The molecular formula is C29H36ClN3O4. The van der Waals surface area contributed by atoms with Crippen LogP contribution in [-0.4, -0.2) is 59.8 Å². The average molecular weight is 526 g/mol. The Morgan fingerprint density at radius 1 is 1.19 bits per heavy atom. The number of carbonyl (C=O) groups is 2. The number of rotatable bonds is 5. The molecule has 0 saturated carbocycles. The van der Waals surface area contributed by atoms with Crippen molar-refractivity contribution in [3.8, 4) is 0 Å². The fourth-order valence-electron chi connectivity index (χ4n) is 5.23. The van der Waals surface area contributed by atoms with Crippen LogP contribution in [0.3, 0.4) is 0 Å². The summed E-state index contributed by atoms with van der Waals surface area (Å²) in [7, 11) is 3.10. The summed E-state index contributed by atoms with van der Waals surface area (Å²) in [4.78, 5) is 36.9. The maximum atomic E-state index is 12.7. The maximum absolute atomic E-state index is 12.7. The first-order chi connectivity index (χ1) is 17.6. The largest absolute Gasteiger partial charge is 0.444 e. The third-order valence-corrected chi connectivity index (χ3v) is 7.32. The van der Waals surface area contributed by atoms with Gasteiger partial charge < -0.3 is 9.64 Å². The first-order valence-corrected chi connectivity index (χ1v) is 13.2. The van der Waals surface area contributed by atoms with Crippen LogP contribution in [0.2, 0.25) is 5.02 Å². The molecule has 198 valence electrons. The van der Waals surface area contributed by atoms with E-state index in [0.29, 0.717) is 36.9 Å². The van der Waals surface area contributed by atoms with Crippen LogP contribution in [0.15, 0.2) is 36.5 Å². The molecule has 1 aromatic carbocycles. The number of fused-ring (bicyclic) bond motifs is 2. The number of nitrogens with zero attached hydrogens (tertiary/aromatic N) is 3. The molecule has 8 heteroatoms. The van der Waals surface area contributed by atoms with Crippen molar-refractivity contribution < 1.29 is 19.2 Å². The number of hydroxylamine groups is 2. The number of halogens is 1. The van der Waals surface area contributed by atoms with Gasteiger partial charge in [-0.25, -0.2) is 9.86 Å². The number of hydrogen-bond donors (Lipinski definition) is 0. The number of pyridine rings is 1. The number of carbonyl (C=O) groups excluding carboxylic acids is 2. The van der Waals surface area contributed by atoms with Gasteiger partial charge in [0.2, 0.25) is 5.91 Å². The molecule has 37 heavy (non-hydrogen) atoms. The van der Waals surface area contributed by atoms with Crippen molar-refractivity contribution in [1.29, 1.82) is 0 Å². The normalized spacial score (nSPS) is 17.8. The number of ether oxygens (including phenoxy) is 1. The molecule has 1 aromatic heterocycles. The first-order valence-electron chi connectivity index (χ1n) is 12.8. The van der Waals surface area contributed by atoms with Crippen molar-refractivity contribution in [2.24, 2.45) is 5.92 Å². The third kappa shape index (κ3) is 6.33. The topological polar surface area (TPSA) is 72.0 Å². The van der Waals surface area contributed by atoms with E-state index >= 15 is 0 Å². The zero-order valence-electron chi connectivity index (χ0n) is 22.3. The van der Waals surface area contributed by atoms with Crippen molar-refractivity contribution in [3.63, 3.8) is 0 Å². The first kappa shape index (κ1) is 27.1. The van der Waals surface area contributed by atoms with Crippen LogP contribution < -0.4 is 0 Å². The summed E-state index contributed by atoms with van der Waals surface area (Å²) in [5, 5.41) is 1.93. The third-order valence-electron chi connectivity index (χ3n) is 7.09. The maximum Gasteiger partial charge on any atom is 0.410 e. The average Bonchev–Trinajstić information content (AvgIpc) is 3.00. The Bertz CT molecular complexity index is 1180. The van der Waals surface area contributed by atoms with Gasteiger partial charge in [-0.3, -0.25) is 14.6 Å². The highest BCUT2D eigenvalue weighted by Gasteiger charge is 2.36. The molecule has 2 aromatic rings. The molecule has 2 heterocycles. The molecule has 1 aliphatic heterocycles. The summed E-state index contributed by atoms with van der Waals surface area (Å²) < 4.78 is 5.60.